The fourth-order valence-corrected chi connectivity index (χ4v) is 3.83. The van der Waals surface area contributed by atoms with E-state index in [-0.39, 0.29) is 24.3 Å². The third kappa shape index (κ3) is 5.12. The van der Waals surface area contributed by atoms with Crippen molar-refractivity contribution in [3.63, 3.8) is 0 Å². The summed E-state index contributed by atoms with van der Waals surface area (Å²) in [5, 5.41) is 0.442. The van der Waals surface area contributed by atoms with Crippen LogP contribution in [0.15, 0.2) is 79.3 Å². The summed E-state index contributed by atoms with van der Waals surface area (Å²) < 4.78 is 43.5. The van der Waals surface area contributed by atoms with E-state index in [2.05, 4.69) is 9.97 Å². The summed E-state index contributed by atoms with van der Waals surface area (Å²) in [7, 11) is 1.53. The van der Waals surface area contributed by atoms with Crippen LogP contribution in [0.2, 0.25) is 5.02 Å². The summed E-state index contributed by atoms with van der Waals surface area (Å²) in [5.74, 6) is -0.560. The Morgan fingerprint density at radius 2 is 1.76 bits per heavy atom. The summed E-state index contributed by atoms with van der Waals surface area (Å²) in [5.41, 5.74) is 0.880. The van der Waals surface area contributed by atoms with Gasteiger partial charge in [-0.2, -0.15) is 13.2 Å². The first-order chi connectivity index (χ1) is 16.2. The molecule has 0 aliphatic heterocycles. The molecule has 0 bridgehead atoms. The van der Waals surface area contributed by atoms with E-state index in [9.17, 15) is 18.0 Å². The smallest absolute Gasteiger partial charge is 0.335 e. The molecule has 4 rings (SSSR count). The quantitative estimate of drug-likeness (QED) is 0.340. The van der Waals surface area contributed by atoms with E-state index in [1.54, 1.807) is 66.9 Å². The third-order valence-electron chi connectivity index (χ3n) is 5.32. The van der Waals surface area contributed by atoms with Gasteiger partial charge in [0.2, 0.25) is 0 Å². The Kier molecular flexibility index (Phi) is 6.70. The van der Waals surface area contributed by atoms with E-state index in [4.69, 9.17) is 11.6 Å². The van der Waals surface area contributed by atoms with Crippen molar-refractivity contribution in [3.8, 4) is 11.1 Å². The molecule has 0 atom stereocenters. The van der Waals surface area contributed by atoms with Gasteiger partial charge < -0.3 is 9.47 Å². The van der Waals surface area contributed by atoms with Gasteiger partial charge in [0.05, 0.1) is 12.2 Å². The molecule has 0 aliphatic carbocycles. The Balaban J connectivity index is 1.87. The second-order valence-corrected chi connectivity index (χ2v) is 8.17. The largest absolute Gasteiger partial charge is 0.431 e. The average molecular weight is 485 g/mol. The molecule has 0 saturated heterocycles. The third-order valence-corrected chi connectivity index (χ3v) is 5.57. The van der Waals surface area contributed by atoms with Gasteiger partial charge in [0.1, 0.15) is 17.7 Å². The van der Waals surface area contributed by atoms with Crippen LogP contribution in [-0.4, -0.2) is 32.4 Å². The van der Waals surface area contributed by atoms with Crippen LogP contribution in [0.1, 0.15) is 27.4 Å². The lowest BCUT2D eigenvalue weighted by atomic mass is 10.0. The lowest BCUT2D eigenvalue weighted by Crippen LogP contribution is -2.30. The Hall–Kier alpha value is -3.65. The molecule has 0 radical (unpaired) electrons. The number of amides is 1. The molecule has 0 N–H and O–H groups in total. The fraction of sp³-hybridized carbons (Fsp3) is 0.160. The molecule has 2 aromatic carbocycles. The maximum absolute atomic E-state index is 14.2. The zero-order valence-corrected chi connectivity index (χ0v) is 18.9. The minimum atomic E-state index is -4.67. The minimum absolute atomic E-state index is 0.0601. The number of rotatable bonds is 6. The summed E-state index contributed by atoms with van der Waals surface area (Å²) >= 11 is 5.99. The molecule has 174 valence electrons. The second kappa shape index (κ2) is 9.69. The lowest BCUT2D eigenvalue weighted by Gasteiger charge is -2.21. The predicted molar refractivity (Wildman–Crippen MR) is 123 cm³/mol. The number of carbonyl (C=O) groups is 1. The molecule has 0 fully saturated rings. The highest BCUT2D eigenvalue weighted by atomic mass is 35.5. The number of hydrogen-bond acceptors (Lipinski definition) is 3. The monoisotopic (exact) mass is 484 g/mol. The van der Waals surface area contributed by atoms with Crippen molar-refractivity contribution in [1.82, 2.24) is 19.4 Å². The Morgan fingerprint density at radius 1 is 1.06 bits per heavy atom. The van der Waals surface area contributed by atoms with E-state index in [0.29, 0.717) is 21.8 Å². The predicted octanol–water partition coefficient (Wildman–Crippen LogP) is 5.94. The van der Waals surface area contributed by atoms with Gasteiger partial charge in [-0.15, -0.1) is 0 Å². The number of benzene rings is 2. The molecule has 0 aliphatic rings. The van der Waals surface area contributed by atoms with Gasteiger partial charge in [0.25, 0.3) is 5.91 Å². The maximum atomic E-state index is 14.2. The van der Waals surface area contributed by atoms with Crippen molar-refractivity contribution in [2.24, 2.45) is 0 Å². The van der Waals surface area contributed by atoms with Crippen molar-refractivity contribution in [1.29, 1.82) is 0 Å². The molecule has 1 amide bonds. The number of aromatic nitrogens is 3. The minimum Gasteiger partial charge on any atom is -0.335 e. The van der Waals surface area contributed by atoms with Crippen LogP contribution < -0.4 is 0 Å². The topological polar surface area (TPSA) is 51.0 Å². The highest BCUT2D eigenvalue weighted by Crippen LogP contribution is 2.38. The van der Waals surface area contributed by atoms with E-state index >= 15 is 0 Å². The first-order valence-corrected chi connectivity index (χ1v) is 10.7. The number of hydrogen-bond donors (Lipinski definition) is 0. The van der Waals surface area contributed by atoms with Crippen LogP contribution in [0.4, 0.5) is 13.2 Å². The second-order valence-electron chi connectivity index (χ2n) is 7.73. The first kappa shape index (κ1) is 23.5. The van der Waals surface area contributed by atoms with Crippen molar-refractivity contribution in [2.45, 2.75) is 19.3 Å². The lowest BCUT2D eigenvalue weighted by molar-refractivity contribution is -0.143. The molecule has 34 heavy (non-hydrogen) atoms. The van der Waals surface area contributed by atoms with Gasteiger partial charge in [-0.05, 0) is 35.4 Å². The Labute approximate surface area is 199 Å². The number of nitrogens with zero attached hydrogens (tertiary/aromatic N) is 4. The fourth-order valence-electron chi connectivity index (χ4n) is 3.70. The molecular weight excluding hydrogens is 465 g/mol. The first-order valence-electron chi connectivity index (χ1n) is 10.3. The van der Waals surface area contributed by atoms with Crippen LogP contribution in [-0.2, 0) is 19.3 Å². The van der Waals surface area contributed by atoms with Crippen LogP contribution in [0, 0.1) is 0 Å². The van der Waals surface area contributed by atoms with Crippen molar-refractivity contribution in [2.75, 3.05) is 7.05 Å². The number of alkyl halides is 3. The zero-order chi connectivity index (χ0) is 24.3. The van der Waals surface area contributed by atoms with Crippen LogP contribution >= 0.6 is 11.6 Å². The normalized spacial score (nSPS) is 11.4. The molecule has 5 nitrogen and oxygen atoms in total. The summed E-state index contributed by atoms with van der Waals surface area (Å²) in [6.45, 7) is -0.00896. The highest BCUT2D eigenvalue weighted by Gasteiger charge is 2.38. The van der Waals surface area contributed by atoms with Crippen molar-refractivity contribution < 1.29 is 18.0 Å². The van der Waals surface area contributed by atoms with Crippen molar-refractivity contribution in [3.05, 3.63) is 107 Å². The van der Waals surface area contributed by atoms with E-state index < -0.39 is 17.8 Å². The molecule has 0 spiro atoms. The van der Waals surface area contributed by atoms with Crippen LogP contribution in [0.3, 0.4) is 0 Å². The van der Waals surface area contributed by atoms with Crippen LogP contribution in [0.5, 0.6) is 0 Å². The van der Waals surface area contributed by atoms with Gasteiger partial charge in [0.15, 0.2) is 0 Å². The van der Waals surface area contributed by atoms with Gasteiger partial charge in [-0.25, -0.2) is 9.97 Å². The average Bonchev–Trinajstić information content (AvgIpc) is 3.20. The van der Waals surface area contributed by atoms with Gasteiger partial charge in [-0.1, -0.05) is 54.1 Å². The van der Waals surface area contributed by atoms with Crippen molar-refractivity contribution >= 4 is 17.5 Å². The number of halogens is 4. The molecule has 9 heteroatoms. The van der Waals surface area contributed by atoms with E-state index in [1.807, 2.05) is 0 Å². The summed E-state index contributed by atoms with van der Waals surface area (Å²) in [6.07, 6.45) is -1.77. The highest BCUT2D eigenvalue weighted by molar-refractivity contribution is 6.30. The molecule has 2 aromatic heterocycles. The molecular formula is C25H20ClF3N4O. The zero-order valence-electron chi connectivity index (χ0n) is 18.1. The Bertz CT molecular complexity index is 1270. The molecule has 0 unspecified atom stereocenters. The van der Waals surface area contributed by atoms with Gasteiger partial charge in [-0.3, -0.25) is 4.79 Å². The molecule has 4 aromatic rings. The number of carbonyl (C=O) groups excluding carboxylic acids is 1. The molecule has 2 heterocycles. The summed E-state index contributed by atoms with van der Waals surface area (Å²) in [4.78, 5) is 22.9. The van der Waals surface area contributed by atoms with E-state index in [0.717, 1.165) is 10.6 Å². The van der Waals surface area contributed by atoms with Gasteiger partial charge >= 0.3 is 6.18 Å². The standard InChI is InChI=1S/C25H20ClF3N4O/c1-32(15-20-11-12-30-16-31-20)24(34)23-21(18-7-9-19(26)10-8-18)13-22(25(27,28)29)33(23)14-17-5-3-2-4-6-17/h2-13,16H,14-15H2,1H3. The molecule has 0 saturated carbocycles. The summed E-state index contributed by atoms with van der Waals surface area (Å²) in [6, 6.07) is 17.8. The SMILES string of the molecule is CN(Cc1ccncn1)C(=O)c1c(-c2ccc(Cl)cc2)cc(C(F)(F)F)n1Cc1ccccc1. The van der Waals surface area contributed by atoms with E-state index in [1.165, 1.54) is 18.3 Å². The van der Waals surface area contributed by atoms with Crippen LogP contribution in [0.25, 0.3) is 11.1 Å². The maximum Gasteiger partial charge on any atom is 0.431 e. The Morgan fingerprint density at radius 3 is 2.38 bits per heavy atom. The van der Waals surface area contributed by atoms with Gasteiger partial charge in [0, 0.05) is 30.4 Å².